The summed E-state index contributed by atoms with van der Waals surface area (Å²) in [6.45, 7) is 3.39. The Labute approximate surface area is 111 Å². The molecule has 0 amide bonds. The van der Waals surface area contributed by atoms with Gasteiger partial charge in [0.25, 0.3) is 0 Å². The minimum absolute atomic E-state index is 0.195. The van der Waals surface area contributed by atoms with Gasteiger partial charge in [-0.15, -0.1) is 11.6 Å². The highest BCUT2D eigenvalue weighted by atomic mass is 35.5. The normalized spacial score (nSPS) is 11.8. The van der Waals surface area contributed by atoms with E-state index >= 15 is 0 Å². The van der Waals surface area contributed by atoms with Gasteiger partial charge in [-0.3, -0.25) is 4.79 Å². The van der Waals surface area contributed by atoms with E-state index in [1.807, 2.05) is 0 Å². The first-order valence-corrected chi connectivity index (χ1v) is 5.93. The van der Waals surface area contributed by atoms with Crippen LogP contribution in [0.3, 0.4) is 0 Å². The van der Waals surface area contributed by atoms with Gasteiger partial charge in [0.2, 0.25) is 0 Å². The molecule has 0 heterocycles. The minimum Gasteiger partial charge on any atom is -0.497 e. The van der Waals surface area contributed by atoms with Crippen molar-refractivity contribution in [1.29, 1.82) is 0 Å². The smallest absolute Gasteiger partial charge is 0.338 e. The minimum atomic E-state index is -0.798. The monoisotopic (exact) mass is 270 g/mol. The molecule has 1 aromatic carbocycles. The lowest BCUT2D eigenvalue weighted by Crippen LogP contribution is -2.08. The molecule has 0 saturated carbocycles. The molecule has 1 aromatic rings. The summed E-state index contributed by atoms with van der Waals surface area (Å²) in [4.78, 5) is 22.9. The molecule has 1 atom stereocenters. The predicted octanol–water partition coefficient (Wildman–Crippen LogP) is 2.74. The molecule has 0 saturated heterocycles. The molecule has 0 aromatic heterocycles. The van der Waals surface area contributed by atoms with E-state index in [0.717, 1.165) is 0 Å². The topological polar surface area (TPSA) is 52.6 Å². The Morgan fingerprint density at radius 2 is 2.00 bits per heavy atom. The number of benzene rings is 1. The number of Topliss-reactive ketones (excluding diaryl/α,β-unsaturated/α-hetero) is 1. The third kappa shape index (κ3) is 3.47. The van der Waals surface area contributed by atoms with Crippen molar-refractivity contribution >= 4 is 23.4 Å². The van der Waals surface area contributed by atoms with Crippen LogP contribution >= 0.6 is 11.6 Å². The van der Waals surface area contributed by atoms with Crippen molar-refractivity contribution in [2.45, 2.75) is 19.2 Å². The number of alkyl halides is 1. The van der Waals surface area contributed by atoms with Crippen molar-refractivity contribution < 1.29 is 19.1 Å². The summed E-state index contributed by atoms with van der Waals surface area (Å²) in [5.74, 6) is -0.202. The lowest BCUT2D eigenvalue weighted by molar-refractivity contribution is -0.116. The lowest BCUT2D eigenvalue weighted by Gasteiger charge is -2.11. The van der Waals surface area contributed by atoms with Gasteiger partial charge in [-0.1, -0.05) is 0 Å². The molecule has 0 aliphatic carbocycles. The van der Waals surface area contributed by atoms with Crippen molar-refractivity contribution in [1.82, 2.24) is 0 Å². The number of esters is 1. The fraction of sp³-hybridized carbons (Fsp3) is 0.385. The summed E-state index contributed by atoms with van der Waals surface area (Å²) in [6.07, 6.45) is 0. The summed E-state index contributed by atoms with van der Waals surface area (Å²) in [5, 5.41) is -0.798. The number of hydrogen-bond donors (Lipinski definition) is 0. The summed E-state index contributed by atoms with van der Waals surface area (Å²) in [5.41, 5.74) is 0.838. The summed E-state index contributed by atoms with van der Waals surface area (Å²) < 4.78 is 9.98. The van der Waals surface area contributed by atoms with E-state index in [2.05, 4.69) is 0 Å². The first-order chi connectivity index (χ1) is 8.49. The van der Waals surface area contributed by atoms with Crippen LogP contribution in [0.5, 0.6) is 5.75 Å². The van der Waals surface area contributed by atoms with Gasteiger partial charge in [0.1, 0.15) is 11.1 Å². The summed E-state index contributed by atoms with van der Waals surface area (Å²) in [6, 6.07) is 4.71. The maximum atomic E-state index is 11.7. The largest absolute Gasteiger partial charge is 0.497 e. The highest BCUT2D eigenvalue weighted by Crippen LogP contribution is 2.27. The van der Waals surface area contributed by atoms with E-state index in [1.165, 1.54) is 14.0 Å². The molecule has 1 unspecified atom stereocenters. The number of ketones is 1. The van der Waals surface area contributed by atoms with Crippen LogP contribution in [-0.4, -0.2) is 25.5 Å². The zero-order chi connectivity index (χ0) is 13.7. The first-order valence-electron chi connectivity index (χ1n) is 5.50. The average Bonchev–Trinajstić information content (AvgIpc) is 2.37. The van der Waals surface area contributed by atoms with Crippen LogP contribution in [0.2, 0.25) is 0 Å². The standard InChI is InChI=1S/C13H15ClO4/c1-4-18-13(16)10-5-9(12(14)8(2)15)6-11(7-10)17-3/h5-7,12H,4H2,1-3H3. The van der Waals surface area contributed by atoms with Crippen molar-refractivity contribution in [3.63, 3.8) is 0 Å². The third-order valence-electron chi connectivity index (χ3n) is 2.33. The van der Waals surface area contributed by atoms with Crippen LogP contribution in [0.15, 0.2) is 18.2 Å². The van der Waals surface area contributed by atoms with Gasteiger partial charge in [0, 0.05) is 0 Å². The Kier molecular flexibility index (Phi) is 5.16. The van der Waals surface area contributed by atoms with E-state index in [-0.39, 0.29) is 12.4 Å². The zero-order valence-electron chi connectivity index (χ0n) is 10.5. The number of hydrogen-bond acceptors (Lipinski definition) is 4. The molecule has 0 bridgehead atoms. The molecule has 0 spiro atoms. The number of ether oxygens (including phenoxy) is 2. The average molecular weight is 271 g/mol. The van der Waals surface area contributed by atoms with Crippen molar-refractivity contribution in [3.8, 4) is 5.75 Å². The molecule has 0 radical (unpaired) electrons. The number of halogens is 1. The Hall–Kier alpha value is -1.55. The number of rotatable bonds is 5. The Bertz CT molecular complexity index is 456. The molecule has 1 rings (SSSR count). The van der Waals surface area contributed by atoms with E-state index < -0.39 is 11.3 Å². The van der Waals surface area contributed by atoms with Crippen LogP contribution in [0, 0.1) is 0 Å². The SMILES string of the molecule is CCOC(=O)c1cc(OC)cc(C(Cl)C(C)=O)c1. The van der Waals surface area contributed by atoms with Crippen molar-refractivity contribution in [2.75, 3.05) is 13.7 Å². The summed E-state index contributed by atoms with van der Waals surface area (Å²) in [7, 11) is 1.48. The second kappa shape index (κ2) is 6.40. The molecular weight excluding hydrogens is 256 g/mol. The predicted molar refractivity (Wildman–Crippen MR) is 68.2 cm³/mol. The van der Waals surface area contributed by atoms with Gasteiger partial charge < -0.3 is 9.47 Å². The Morgan fingerprint density at radius 1 is 1.33 bits per heavy atom. The molecular formula is C13H15ClO4. The maximum absolute atomic E-state index is 11.7. The second-order valence-corrected chi connectivity index (χ2v) is 4.12. The van der Waals surface area contributed by atoms with Gasteiger partial charge in [0.15, 0.2) is 5.78 Å². The highest BCUT2D eigenvalue weighted by Gasteiger charge is 2.17. The fourth-order valence-corrected chi connectivity index (χ4v) is 1.58. The second-order valence-electron chi connectivity index (χ2n) is 3.69. The third-order valence-corrected chi connectivity index (χ3v) is 2.88. The van der Waals surface area contributed by atoms with Gasteiger partial charge >= 0.3 is 5.97 Å². The number of carbonyl (C=O) groups excluding carboxylic acids is 2. The van der Waals surface area contributed by atoms with Gasteiger partial charge in [0.05, 0.1) is 19.3 Å². The Morgan fingerprint density at radius 3 is 2.50 bits per heavy atom. The molecule has 0 N–H and O–H groups in total. The number of carbonyl (C=O) groups is 2. The quantitative estimate of drug-likeness (QED) is 0.610. The van der Waals surface area contributed by atoms with Crippen LogP contribution in [0.4, 0.5) is 0 Å². The van der Waals surface area contributed by atoms with Gasteiger partial charge in [-0.2, -0.15) is 0 Å². The molecule has 98 valence electrons. The first kappa shape index (κ1) is 14.5. The van der Waals surface area contributed by atoms with Crippen LogP contribution in [-0.2, 0) is 9.53 Å². The molecule has 18 heavy (non-hydrogen) atoms. The van der Waals surface area contributed by atoms with E-state index in [0.29, 0.717) is 16.9 Å². The van der Waals surface area contributed by atoms with Crippen molar-refractivity contribution in [3.05, 3.63) is 29.3 Å². The maximum Gasteiger partial charge on any atom is 0.338 e. The molecule has 0 aliphatic heterocycles. The van der Waals surface area contributed by atoms with Crippen LogP contribution in [0.25, 0.3) is 0 Å². The highest BCUT2D eigenvalue weighted by molar-refractivity contribution is 6.30. The van der Waals surface area contributed by atoms with Gasteiger partial charge in [-0.25, -0.2) is 4.79 Å². The van der Waals surface area contributed by atoms with Crippen LogP contribution in [0.1, 0.15) is 35.1 Å². The molecule has 0 fully saturated rings. The number of methoxy groups -OCH3 is 1. The summed E-state index contributed by atoms with van der Waals surface area (Å²) >= 11 is 5.97. The van der Waals surface area contributed by atoms with E-state index in [9.17, 15) is 9.59 Å². The Balaban J connectivity index is 3.16. The van der Waals surface area contributed by atoms with Crippen LogP contribution < -0.4 is 4.74 Å². The lowest BCUT2D eigenvalue weighted by atomic mass is 10.1. The molecule has 5 heteroatoms. The fourth-order valence-electron chi connectivity index (χ4n) is 1.45. The zero-order valence-corrected chi connectivity index (χ0v) is 11.3. The van der Waals surface area contributed by atoms with E-state index in [1.54, 1.807) is 25.1 Å². The van der Waals surface area contributed by atoms with Gasteiger partial charge in [-0.05, 0) is 37.6 Å². The molecule has 4 nitrogen and oxygen atoms in total. The van der Waals surface area contributed by atoms with E-state index in [4.69, 9.17) is 21.1 Å². The molecule has 0 aliphatic rings. The van der Waals surface area contributed by atoms with Crippen molar-refractivity contribution in [2.24, 2.45) is 0 Å².